The fourth-order valence-electron chi connectivity index (χ4n) is 2.43. The van der Waals surface area contributed by atoms with Gasteiger partial charge in [-0.2, -0.15) is 18.2 Å². The number of benzene rings is 1. The van der Waals surface area contributed by atoms with Gasteiger partial charge in [-0.15, -0.1) is 0 Å². The lowest BCUT2D eigenvalue weighted by Gasteiger charge is -2.15. The van der Waals surface area contributed by atoms with Crippen LogP contribution < -0.4 is 10.6 Å². The number of hydrogen-bond donors (Lipinski definition) is 3. The minimum Gasteiger partial charge on any atom is -0.394 e. The standard InChI is InChI=1S/C19H17BrF3N5O/c1-11(10-29)25-18-27-16(12-3-2-6-24-9-12)8-17(28-18)26-15-5-4-13(7-14(15)20)19(21,22)23/h2-9,11,29H,10H2,1H3,(H2,25,26,27,28)/t11-/m0/s1. The molecule has 3 rings (SSSR count). The second-order valence-electron chi connectivity index (χ2n) is 6.25. The molecule has 0 radical (unpaired) electrons. The molecule has 2 heterocycles. The van der Waals surface area contributed by atoms with E-state index >= 15 is 0 Å². The SMILES string of the molecule is C[C@@H](CO)Nc1nc(Nc2ccc(C(F)(F)F)cc2Br)cc(-c2cccnc2)n1. The molecule has 3 N–H and O–H groups in total. The third-order valence-corrected chi connectivity index (χ3v) is 4.55. The number of aromatic nitrogens is 3. The largest absolute Gasteiger partial charge is 0.416 e. The first kappa shape index (κ1) is 21.0. The molecular weight excluding hydrogens is 451 g/mol. The molecule has 0 aliphatic rings. The zero-order valence-electron chi connectivity index (χ0n) is 15.2. The first-order valence-corrected chi connectivity index (χ1v) is 9.36. The van der Waals surface area contributed by atoms with E-state index in [1.807, 2.05) is 6.07 Å². The number of nitrogens with one attached hydrogen (secondary N) is 2. The molecule has 10 heteroatoms. The molecule has 1 atom stereocenters. The Labute approximate surface area is 173 Å². The van der Waals surface area contributed by atoms with Gasteiger partial charge in [-0.3, -0.25) is 4.98 Å². The van der Waals surface area contributed by atoms with Crippen molar-refractivity contribution in [3.05, 3.63) is 58.8 Å². The van der Waals surface area contributed by atoms with Gasteiger partial charge < -0.3 is 15.7 Å². The molecule has 0 bridgehead atoms. The van der Waals surface area contributed by atoms with Crippen molar-refractivity contribution >= 4 is 33.4 Å². The van der Waals surface area contributed by atoms with Crippen LogP contribution in [0.4, 0.5) is 30.6 Å². The van der Waals surface area contributed by atoms with Gasteiger partial charge in [-0.05, 0) is 53.2 Å². The number of aliphatic hydroxyl groups excluding tert-OH is 1. The molecule has 6 nitrogen and oxygen atoms in total. The summed E-state index contributed by atoms with van der Waals surface area (Å²) in [6.45, 7) is 1.65. The van der Waals surface area contributed by atoms with Crippen molar-refractivity contribution < 1.29 is 18.3 Å². The van der Waals surface area contributed by atoms with E-state index in [1.54, 1.807) is 31.5 Å². The number of aliphatic hydroxyl groups is 1. The maximum absolute atomic E-state index is 12.9. The molecule has 0 saturated heterocycles. The van der Waals surface area contributed by atoms with Gasteiger partial charge in [-0.1, -0.05) is 0 Å². The lowest BCUT2D eigenvalue weighted by molar-refractivity contribution is -0.137. The van der Waals surface area contributed by atoms with Gasteiger partial charge in [0.25, 0.3) is 0 Å². The summed E-state index contributed by atoms with van der Waals surface area (Å²) in [7, 11) is 0. The summed E-state index contributed by atoms with van der Waals surface area (Å²) in [6.07, 6.45) is -1.16. The van der Waals surface area contributed by atoms with Gasteiger partial charge in [0.2, 0.25) is 5.95 Å². The first-order valence-electron chi connectivity index (χ1n) is 8.57. The number of nitrogens with zero attached hydrogens (tertiary/aromatic N) is 3. The predicted octanol–water partition coefficient (Wildman–Crippen LogP) is 4.86. The van der Waals surface area contributed by atoms with E-state index in [2.05, 4.69) is 41.5 Å². The van der Waals surface area contributed by atoms with Crippen LogP contribution in [0.3, 0.4) is 0 Å². The van der Waals surface area contributed by atoms with Gasteiger partial charge in [0.15, 0.2) is 0 Å². The van der Waals surface area contributed by atoms with Crippen molar-refractivity contribution in [1.82, 2.24) is 15.0 Å². The van der Waals surface area contributed by atoms with Crippen LogP contribution in [0.1, 0.15) is 12.5 Å². The van der Waals surface area contributed by atoms with Gasteiger partial charge >= 0.3 is 6.18 Å². The summed E-state index contributed by atoms with van der Waals surface area (Å²) < 4.78 is 38.9. The first-order chi connectivity index (χ1) is 13.8. The molecule has 29 heavy (non-hydrogen) atoms. The summed E-state index contributed by atoms with van der Waals surface area (Å²) in [5.41, 5.74) is 0.957. The maximum Gasteiger partial charge on any atom is 0.416 e. The smallest absolute Gasteiger partial charge is 0.394 e. The molecule has 0 aliphatic heterocycles. The van der Waals surface area contributed by atoms with Gasteiger partial charge in [0.05, 0.1) is 23.6 Å². The van der Waals surface area contributed by atoms with E-state index < -0.39 is 11.7 Å². The monoisotopic (exact) mass is 467 g/mol. The number of hydrogen-bond acceptors (Lipinski definition) is 6. The van der Waals surface area contributed by atoms with Crippen LogP contribution in [-0.4, -0.2) is 32.7 Å². The lowest BCUT2D eigenvalue weighted by Crippen LogP contribution is -2.21. The Kier molecular flexibility index (Phi) is 6.33. The average Bonchev–Trinajstić information content (AvgIpc) is 2.69. The Bertz CT molecular complexity index is 985. The average molecular weight is 468 g/mol. The molecule has 0 fully saturated rings. The Morgan fingerprint density at radius 1 is 1.17 bits per heavy atom. The zero-order chi connectivity index (χ0) is 21.0. The number of alkyl halides is 3. The van der Waals surface area contributed by atoms with Crippen molar-refractivity contribution in [2.75, 3.05) is 17.2 Å². The maximum atomic E-state index is 12.9. The van der Waals surface area contributed by atoms with Crippen LogP contribution in [0.2, 0.25) is 0 Å². The number of halogens is 4. The second kappa shape index (κ2) is 8.75. The minimum absolute atomic E-state index is 0.117. The molecule has 0 spiro atoms. The Hall–Kier alpha value is -2.72. The molecule has 0 amide bonds. The highest BCUT2D eigenvalue weighted by atomic mass is 79.9. The zero-order valence-corrected chi connectivity index (χ0v) is 16.8. The van der Waals surface area contributed by atoms with E-state index in [-0.39, 0.29) is 23.1 Å². The summed E-state index contributed by atoms with van der Waals surface area (Å²) in [6, 6.07) is 8.28. The van der Waals surface area contributed by atoms with Crippen molar-refractivity contribution in [3.63, 3.8) is 0 Å². The molecule has 0 saturated carbocycles. The van der Waals surface area contributed by atoms with Gasteiger partial charge in [0.1, 0.15) is 5.82 Å². The van der Waals surface area contributed by atoms with Gasteiger partial charge in [0, 0.05) is 34.5 Å². The second-order valence-corrected chi connectivity index (χ2v) is 7.10. The molecule has 152 valence electrons. The van der Waals surface area contributed by atoms with Crippen molar-refractivity contribution in [3.8, 4) is 11.3 Å². The molecule has 0 aliphatic carbocycles. The predicted molar refractivity (Wildman–Crippen MR) is 108 cm³/mol. The van der Waals surface area contributed by atoms with Crippen LogP contribution in [0.5, 0.6) is 0 Å². The van der Waals surface area contributed by atoms with Crippen LogP contribution >= 0.6 is 15.9 Å². The third kappa shape index (κ3) is 5.42. The summed E-state index contributed by atoms with van der Waals surface area (Å²) in [5, 5.41) is 15.3. The van der Waals surface area contributed by atoms with E-state index in [9.17, 15) is 18.3 Å². The number of anilines is 3. The summed E-state index contributed by atoms with van der Waals surface area (Å²) >= 11 is 3.17. The van der Waals surface area contributed by atoms with E-state index in [1.165, 1.54) is 6.07 Å². The number of pyridine rings is 1. The fourth-order valence-corrected chi connectivity index (χ4v) is 2.91. The van der Waals surface area contributed by atoms with Crippen molar-refractivity contribution in [2.24, 2.45) is 0 Å². The Balaban J connectivity index is 1.97. The Morgan fingerprint density at radius 3 is 2.59 bits per heavy atom. The topological polar surface area (TPSA) is 83.0 Å². The van der Waals surface area contributed by atoms with Crippen LogP contribution in [-0.2, 0) is 6.18 Å². The van der Waals surface area contributed by atoms with Crippen molar-refractivity contribution in [1.29, 1.82) is 0 Å². The minimum atomic E-state index is -4.43. The fraction of sp³-hybridized carbons (Fsp3) is 0.211. The van der Waals surface area contributed by atoms with Crippen molar-refractivity contribution in [2.45, 2.75) is 19.1 Å². The molecule has 3 aromatic rings. The summed E-state index contributed by atoms with van der Waals surface area (Å²) in [4.78, 5) is 12.8. The molecule has 0 unspecified atom stereocenters. The van der Waals surface area contributed by atoms with Crippen LogP contribution in [0, 0.1) is 0 Å². The highest BCUT2D eigenvalue weighted by Crippen LogP contribution is 2.35. The lowest BCUT2D eigenvalue weighted by atomic mass is 10.2. The summed E-state index contributed by atoms with van der Waals surface area (Å²) in [5.74, 6) is 0.630. The van der Waals surface area contributed by atoms with E-state index in [0.29, 0.717) is 17.2 Å². The Morgan fingerprint density at radius 2 is 1.97 bits per heavy atom. The van der Waals surface area contributed by atoms with E-state index in [0.717, 1.165) is 17.7 Å². The number of rotatable bonds is 6. The quantitative estimate of drug-likeness (QED) is 0.480. The molecular formula is C19H17BrF3N5O. The normalized spacial score (nSPS) is 12.5. The highest BCUT2D eigenvalue weighted by molar-refractivity contribution is 9.10. The highest BCUT2D eigenvalue weighted by Gasteiger charge is 2.30. The molecule has 2 aromatic heterocycles. The van der Waals surface area contributed by atoms with Crippen LogP contribution in [0.25, 0.3) is 11.3 Å². The van der Waals surface area contributed by atoms with E-state index in [4.69, 9.17) is 0 Å². The van der Waals surface area contributed by atoms with Crippen LogP contribution in [0.15, 0.2) is 53.3 Å². The van der Waals surface area contributed by atoms with Gasteiger partial charge in [-0.25, -0.2) is 4.98 Å². The molecule has 1 aromatic carbocycles. The third-order valence-electron chi connectivity index (χ3n) is 3.89.